The van der Waals surface area contributed by atoms with Crippen LogP contribution in [0.15, 0.2) is 54.6 Å². The molecule has 28 heavy (non-hydrogen) atoms. The number of nitrogens with zero attached hydrogens (tertiary/aromatic N) is 4. The van der Waals surface area contributed by atoms with E-state index in [-0.39, 0.29) is 5.91 Å². The molecule has 2 N–H and O–H groups in total. The molecule has 7 nitrogen and oxygen atoms in total. The monoisotopic (exact) mass is 374 g/mol. The summed E-state index contributed by atoms with van der Waals surface area (Å²) >= 11 is 0. The van der Waals surface area contributed by atoms with Gasteiger partial charge in [-0.3, -0.25) is 9.20 Å². The van der Waals surface area contributed by atoms with Crippen LogP contribution >= 0.6 is 0 Å². The molecular weight excluding hydrogens is 352 g/mol. The Hall–Kier alpha value is -3.48. The molecule has 0 saturated heterocycles. The SMILES string of the molecule is Cc1nnc2c(NCCCCNC(=O)c3ccccc3)nc3ccccc3n12. The molecule has 0 spiro atoms. The van der Waals surface area contributed by atoms with Crippen molar-refractivity contribution in [2.75, 3.05) is 18.4 Å². The quantitative estimate of drug-likeness (QED) is 0.485. The highest BCUT2D eigenvalue weighted by Crippen LogP contribution is 2.21. The molecule has 0 unspecified atom stereocenters. The van der Waals surface area contributed by atoms with Gasteiger partial charge in [0.25, 0.3) is 5.91 Å². The Balaban J connectivity index is 1.34. The molecule has 0 aliphatic heterocycles. The van der Waals surface area contributed by atoms with Gasteiger partial charge in [0.2, 0.25) is 5.65 Å². The Bertz CT molecular complexity index is 1110. The van der Waals surface area contributed by atoms with Crippen LogP contribution in [-0.2, 0) is 0 Å². The Morgan fingerprint density at radius 3 is 2.57 bits per heavy atom. The van der Waals surface area contributed by atoms with Crippen LogP contribution in [0.2, 0.25) is 0 Å². The maximum Gasteiger partial charge on any atom is 0.251 e. The van der Waals surface area contributed by atoms with Gasteiger partial charge in [0, 0.05) is 18.7 Å². The second kappa shape index (κ2) is 8.04. The minimum atomic E-state index is -0.0367. The maximum absolute atomic E-state index is 12.0. The molecule has 0 fully saturated rings. The van der Waals surface area contributed by atoms with Crippen molar-refractivity contribution < 1.29 is 4.79 Å². The summed E-state index contributed by atoms with van der Waals surface area (Å²) in [4.78, 5) is 16.7. The number of hydrogen-bond acceptors (Lipinski definition) is 5. The second-order valence-electron chi connectivity index (χ2n) is 6.61. The van der Waals surface area contributed by atoms with Crippen molar-refractivity contribution in [3.63, 3.8) is 0 Å². The van der Waals surface area contributed by atoms with E-state index in [1.165, 1.54) is 0 Å². The third kappa shape index (κ3) is 3.64. The van der Waals surface area contributed by atoms with Crippen LogP contribution in [0.5, 0.6) is 0 Å². The number of fused-ring (bicyclic) bond motifs is 3. The maximum atomic E-state index is 12.0. The van der Waals surface area contributed by atoms with E-state index >= 15 is 0 Å². The van der Waals surface area contributed by atoms with E-state index in [1.54, 1.807) is 0 Å². The van der Waals surface area contributed by atoms with E-state index in [2.05, 4.69) is 20.8 Å². The van der Waals surface area contributed by atoms with Crippen LogP contribution < -0.4 is 10.6 Å². The number of anilines is 1. The number of benzene rings is 2. The summed E-state index contributed by atoms with van der Waals surface area (Å²) in [6.07, 6.45) is 1.78. The summed E-state index contributed by atoms with van der Waals surface area (Å²) in [5, 5.41) is 14.8. The molecule has 4 aromatic rings. The average molecular weight is 374 g/mol. The van der Waals surface area contributed by atoms with Gasteiger partial charge in [-0.2, -0.15) is 0 Å². The summed E-state index contributed by atoms with van der Waals surface area (Å²) in [7, 11) is 0. The Morgan fingerprint density at radius 1 is 0.964 bits per heavy atom. The first kappa shape index (κ1) is 17.9. The van der Waals surface area contributed by atoms with E-state index in [4.69, 9.17) is 4.98 Å². The number of rotatable bonds is 7. The van der Waals surface area contributed by atoms with E-state index in [1.807, 2.05) is 65.9 Å². The smallest absolute Gasteiger partial charge is 0.251 e. The molecule has 0 atom stereocenters. The Morgan fingerprint density at radius 2 is 1.71 bits per heavy atom. The number of amides is 1. The molecule has 0 aliphatic rings. The summed E-state index contributed by atoms with van der Waals surface area (Å²) < 4.78 is 2.02. The van der Waals surface area contributed by atoms with Crippen LogP contribution in [0, 0.1) is 6.92 Å². The van der Waals surface area contributed by atoms with Crippen LogP contribution in [0.1, 0.15) is 29.0 Å². The molecule has 142 valence electrons. The highest BCUT2D eigenvalue weighted by molar-refractivity contribution is 5.94. The van der Waals surface area contributed by atoms with E-state index in [9.17, 15) is 4.79 Å². The Kier molecular flexibility index (Phi) is 5.14. The molecule has 0 bridgehead atoms. The summed E-state index contributed by atoms with van der Waals surface area (Å²) in [5.74, 6) is 1.53. The van der Waals surface area contributed by atoms with Gasteiger partial charge in [-0.05, 0) is 44.0 Å². The zero-order valence-corrected chi connectivity index (χ0v) is 15.7. The lowest BCUT2D eigenvalue weighted by Crippen LogP contribution is -2.24. The first-order valence-corrected chi connectivity index (χ1v) is 9.41. The highest BCUT2D eigenvalue weighted by atomic mass is 16.1. The summed E-state index contributed by atoms with van der Waals surface area (Å²) in [5.41, 5.74) is 3.31. The molecule has 0 aliphatic carbocycles. The van der Waals surface area contributed by atoms with Gasteiger partial charge >= 0.3 is 0 Å². The normalized spacial score (nSPS) is 11.0. The van der Waals surface area contributed by atoms with Crippen LogP contribution in [0.3, 0.4) is 0 Å². The molecule has 7 heteroatoms. The van der Waals surface area contributed by atoms with Crippen molar-refractivity contribution in [1.29, 1.82) is 0 Å². The lowest BCUT2D eigenvalue weighted by atomic mass is 10.2. The molecule has 1 amide bonds. The van der Waals surface area contributed by atoms with Gasteiger partial charge < -0.3 is 10.6 Å². The van der Waals surface area contributed by atoms with Gasteiger partial charge in [-0.15, -0.1) is 10.2 Å². The minimum Gasteiger partial charge on any atom is -0.367 e. The first-order valence-electron chi connectivity index (χ1n) is 9.41. The molecule has 2 heterocycles. The molecule has 2 aromatic heterocycles. The second-order valence-corrected chi connectivity index (χ2v) is 6.61. The lowest BCUT2D eigenvalue weighted by molar-refractivity contribution is 0.0953. The zero-order chi connectivity index (χ0) is 19.3. The van der Waals surface area contributed by atoms with Crippen molar-refractivity contribution in [1.82, 2.24) is 24.9 Å². The topological polar surface area (TPSA) is 84.2 Å². The van der Waals surface area contributed by atoms with Crippen molar-refractivity contribution in [3.05, 3.63) is 66.0 Å². The first-order chi connectivity index (χ1) is 13.7. The van der Waals surface area contributed by atoms with Gasteiger partial charge in [0.1, 0.15) is 5.82 Å². The van der Waals surface area contributed by atoms with Crippen molar-refractivity contribution >= 4 is 28.4 Å². The number of carbonyl (C=O) groups excluding carboxylic acids is 1. The number of nitrogens with one attached hydrogen (secondary N) is 2. The third-order valence-corrected chi connectivity index (χ3v) is 4.61. The predicted molar refractivity (Wildman–Crippen MR) is 110 cm³/mol. The van der Waals surface area contributed by atoms with Crippen LogP contribution in [-0.4, -0.2) is 38.6 Å². The van der Waals surface area contributed by atoms with Gasteiger partial charge in [0.15, 0.2) is 5.82 Å². The molecule has 4 rings (SSSR count). The largest absolute Gasteiger partial charge is 0.367 e. The third-order valence-electron chi connectivity index (χ3n) is 4.61. The van der Waals surface area contributed by atoms with Crippen LogP contribution in [0.25, 0.3) is 16.7 Å². The van der Waals surface area contributed by atoms with E-state index in [0.717, 1.165) is 47.7 Å². The minimum absolute atomic E-state index is 0.0367. The van der Waals surface area contributed by atoms with Gasteiger partial charge in [-0.25, -0.2) is 4.98 Å². The predicted octanol–water partition coefficient (Wildman–Crippen LogP) is 3.21. The molecule has 0 radical (unpaired) electrons. The van der Waals surface area contributed by atoms with Crippen molar-refractivity contribution in [2.45, 2.75) is 19.8 Å². The van der Waals surface area contributed by atoms with Crippen molar-refractivity contribution in [3.8, 4) is 0 Å². The number of aryl methyl sites for hydroxylation is 1. The number of aromatic nitrogens is 4. The van der Waals surface area contributed by atoms with E-state index in [0.29, 0.717) is 12.1 Å². The molecule has 2 aromatic carbocycles. The van der Waals surface area contributed by atoms with E-state index < -0.39 is 0 Å². The van der Waals surface area contributed by atoms with Crippen molar-refractivity contribution in [2.24, 2.45) is 0 Å². The summed E-state index contributed by atoms with van der Waals surface area (Å²) in [6, 6.07) is 17.2. The number of unbranched alkanes of at least 4 members (excludes halogenated alkanes) is 1. The number of para-hydroxylation sites is 2. The number of carbonyl (C=O) groups is 1. The fourth-order valence-electron chi connectivity index (χ4n) is 3.19. The summed E-state index contributed by atoms with van der Waals surface area (Å²) in [6.45, 7) is 3.32. The zero-order valence-electron chi connectivity index (χ0n) is 15.7. The average Bonchev–Trinajstić information content (AvgIpc) is 3.13. The lowest BCUT2D eigenvalue weighted by Gasteiger charge is -2.10. The standard InChI is InChI=1S/C21H22N6O/c1-15-25-26-20-19(24-17-11-5-6-12-18(17)27(15)20)22-13-7-8-14-23-21(28)16-9-3-2-4-10-16/h2-6,9-12H,7-8,13-14H2,1H3,(H,22,24)(H,23,28). The fourth-order valence-corrected chi connectivity index (χ4v) is 3.19. The van der Waals surface area contributed by atoms with Crippen LogP contribution in [0.4, 0.5) is 5.82 Å². The highest BCUT2D eigenvalue weighted by Gasteiger charge is 2.12. The molecule has 0 saturated carbocycles. The fraction of sp³-hybridized carbons (Fsp3) is 0.238. The van der Waals surface area contributed by atoms with Gasteiger partial charge in [0.05, 0.1) is 11.0 Å². The Labute approximate surface area is 162 Å². The number of hydrogen-bond donors (Lipinski definition) is 2. The molecular formula is C21H22N6O. The van der Waals surface area contributed by atoms with Gasteiger partial charge in [-0.1, -0.05) is 30.3 Å².